The van der Waals surface area contributed by atoms with Gasteiger partial charge in [0.25, 0.3) is 0 Å². The van der Waals surface area contributed by atoms with Crippen LogP contribution in [0.25, 0.3) is 0 Å². The Morgan fingerprint density at radius 2 is 1.81 bits per heavy atom. The van der Waals surface area contributed by atoms with Gasteiger partial charge in [0.2, 0.25) is 5.28 Å². The SMILES string of the molecule is Cc1ccc(F)cc1.Nc1ccnc(Cl)n1. The Morgan fingerprint density at radius 3 is 2.19 bits per heavy atom. The molecule has 0 atom stereocenters. The van der Waals surface area contributed by atoms with Crippen molar-refractivity contribution in [1.29, 1.82) is 0 Å². The molecule has 2 aromatic rings. The number of nitrogens with zero attached hydrogens (tertiary/aromatic N) is 2. The first-order valence-electron chi connectivity index (χ1n) is 4.54. The zero-order valence-corrected chi connectivity index (χ0v) is 9.45. The van der Waals surface area contributed by atoms with E-state index >= 15 is 0 Å². The number of aromatic nitrogens is 2. The zero-order chi connectivity index (χ0) is 12.0. The lowest BCUT2D eigenvalue weighted by Gasteiger charge is -1.87. The van der Waals surface area contributed by atoms with Crippen LogP contribution in [0.4, 0.5) is 10.2 Å². The summed E-state index contributed by atoms with van der Waals surface area (Å²) in [6, 6.07) is 7.97. The van der Waals surface area contributed by atoms with E-state index in [1.807, 2.05) is 6.92 Å². The van der Waals surface area contributed by atoms with Gasteiger partial charge in [-0.2, -0.15) is 0 Å². The van der Waals surface area contributed by atoms with Gasteiger partial charge in [0.15, 0.2) is 0 Å². The maximum absolute atomic E-state index is 12.1. The fourth-order valence-corrected chi connectivity index (χ4v) is 1.03. The van der Waals surface area contributed by atoms with Crippen molar-refractivity contribution in [3.8, 4) is 0 Å². The Bertz CT molecular complexity index is 407. The second-order valence-electron chi connectivity index (χ2n) is 3.05. The van der Waals surface area contributed by atoms with Crippen LogP contribution < -0.4 is 5.73 Å². The monoisotopic (exact) mass is 239 g/mol. The molecule has 5 heteroatoms. The highest BCUT2D eigenvalue weighted by Gasteiger charge is 1.86. The molecule has 1 heterocycles. The Kier molecular flexibility index (Phi) is 4.66. The number of halogens is 2. The van der Waals surface area contributed by atoms with Crippen LogP contribution >= 0.6 is 11.6 Å². The van der Waals surface area contributed by atoms with Crippen LogP contribution in [0.5, 0.6) is 0 Å². The summed E-state index contributed by atoms with van der Waals surface area (Å²) < 4.78 is 12.1. The van der Waals surface area contributed by atoms with Crippen molar-refractivity contribution >= 4 is 17.4 Å². The smallest absolute Gasteiger partial charge is 0.224 e. The van der Waals surface area contributed by atoms with Crippen molar-refractivity contribution in [1.82, 2.24) is 9.97 Å². The topological polar surface area (TPSA) is 51.8 Å². The molecule has 0 unspecified atom stereocenters. The fraction of sp³-hybridized carbons (Fsp3) is 0.0909. The summed E-state index contributed by atoms with van der Waals surface area (Å²) in [5.41, 5.74) is 6.31. The normalized spacial score (nSPS) is 9.19. The van der Waals surface area contributed by atoms with E-state index < -0.39 is 0 Å². The average molecular weight is 240 g/mol. The maximum atomic E-state index is 12.1. The van der Waals surface area contributed by atoms with Gasteiger partial charge in [0, 0.05) is 6.20 Å². The van der Waals surface area contributed by atoms with Crippen LogP contribution in [0, 0.1) is 12.7 Å². The molecule has 2 N–H and O–H groups in total. The lowest BCUT2D eigenvalue weighted by molar-refractivity contribution is 0.627. The molecule has 0 fully saturated rings. The molecule has 1 aromatic carbocycles. The molecule has 0 bridgehead atoms. The highest BCUT2D eigenvalue weighted by molar-refractivity contribution is 6.28. The van der Waals surface area contributed by atoms with E-state index in [1.165, 1.54) is 18.3 Å². The minimum Gasteiger partial charge on any atom is -0.384 e. The molecule has 0 amide bonds. The van der Waals surface area contributed by atoms with Crippen LogP contribution in [0.2, 0.25) is 5.28 Å². The number of nitrogen functional groups attached to an aromatic ring is 1. The maximum Gasteiger partial charge on any atom is 0.224 e. The zero-order valence-electron chi connectivity index (χ0n) is 8.69. The highest BCUT2D eigenvalue weighted by Crippen LogP contribution is 2.00. The summed E-state index contributed by atoms with van der Waals surface area (Å²) in [5, 5.41) is 0.185. The molecule has 0 aliphatic carbocycles. The molecule has 0 aliphatic rings. The quantitative estimate of drug-likeness (QED) is 0.720. The first-order chi connectivity index (χ1) is 7.58. The highest BCUT2D eigenvalue weighted by atomic mass is 35.5. The molecule has 0 saturated heterocycles. The van der Waals surface area contributed by atoms with Crippen LogP contribution in [-0.4, -0.2) is 9.97 Å². The second-order valence-corrected chi connectivity index (χ2v) is 3.38. The van der Waals surface area contributed by atoms with Crippen LogP contribution in [0.15, 0.2) is 36.5 Å². The van der Waals surface area contributed by atoms with E-state index in [-0.39, 0.29) is 11.1 Å². The van der Waals surface area contributed by atoms with Gasteiger partial charge in [0.1, 0.15) is 11.6 Å². The first-order valence-corrected chi connectivity index (χ1v) is 4.92. The molecular formula is C11H11ClFN3. The van der Waals surface area contributed by atoms with E-state index in [0.29, 0.717) is 5.82 Å². The number of benzene rings is 1. The first kappa shape index (κ1) is 12.4. The van der Waals surface area contributed by atoms with Crippen LogP contribution in [-0.2, 0) is 0 Å². The minimum absolute atomic E-state index is 0.171. The van der Waals surface area contributed by atoms with E-state index in [2.05, 4.69) is 9.97 Å². The third kappa shape index (κ3) is 4.70. The number of rotatable bonds is 0. The van der Waals surface area contributed by atoms with Crippen molar-refractivity contribution in [3.05, 3.63) is 53.2 Å². The summed E-state index contributed by atoms with van der Waals surface area (Å²) in [5.74, 6) is 0.223. The minimum atomic E-state index is -0.171. The van der Waals surface area contributed by atoms with Gasteiger partial charge in [-0.05, 0) is 36.7 Å². The van der Waals surface area contributed by atoms with Gasteiger partial charge in [-0.1, -0.05) is 17.7 Å². The third-order valence-electron chi connectivity index (χ3n) is 1.66. The molecule has 16 heavy (non-hydrogen) atoms. The van der Waals surface area contributed by atoms with E-state index in [1.54, 1.807) is 18.2 Å². The van der Waals surface area contributed by atoms with E-state index in [9.17, 15) is 4.39 Å². The van der Waals surface area contributed by atoms with Crippen LogP contribution in [0.3, 0.4) is 0 Å². The van der Waals surface area contributed by atoms with Crippen molar-refractivity contribution in [2.75, 3.05) is 5.73 Å². The summed E-state index contributed by atoms with van der Waals surface area (Å²) in [4.78, 5) is 7.22. The number of hydrogen-bond donors (Lipinski definition) is 1. The molecular weight excluding hydrogens is 229 g/mol. The standard InChI is InChI=1S/C7H7F.C4H4ClN3/c1-6-2-4-7(8)5-3-6;5-4-7-2-1-3(6)8-4/h2-5H,1H3;1-2H,(H2,6,7,8). The third-order valence-corrected chi connectivity index (χ3v) is 1.84. The van der Waals surface area contributed by atoms with Gasteiger partial charge in [0.05, 0.1) is 0 Å². The van der Waals surface area contributed by atoms with Gasteiger partial charge in [-0.15, -0.1) is 0 Å². The van der Waals surface area contributed by atoms with Gasteiger partial charge < -0.3 is 5.73 Å². The fourth-order valence-electron chi connectivity index (χ4n) is 0.881. The van der Waals surface area contributed by atoms with E-state index in [0.717, 1.165) is 5.56 Å². The molecule has 2 rings (SSSR count). The van der Waals surface area contributed by atoms with Gasteiger partial charge >= 0.3 is 0 Å². The van der Waals surface area contributed by atoms with E-state index in [4.69, 9.17) is 17.3 Å². The Hall–Kier alpha value is -1.68. The number of hydrogen-bond acceptors (Lipinski definition) is 3. The number of anilines is 1. The molecule has 0 spiro atoms. The van der Waals surface area contributed by atoms with Crippen molar-refractivity contribution < 1.29 is 4.39 Å². The Morgan fingerprint density at radius 1 is 1.19 bits per heavy atom. The van der Waals surface area contributed by atoms with Crippen molar-refractivity contribution in [2.45, 2.75) is 6.92 Å². The molecule has 1 aromatic heterocycles. The Labute approximate surface area is 98.1 Å². The largest absolute Gasteiger partial charge is 0.384 e. The van der Waals surface area contributed by atoms with Crippen molar-refractivity contribution in [2.24, 2.45) is 0 Å². The number of nitrogens with two attached hydrogens (primary N) is 1. The summed E-state index contributed by atoms with van der Waals surface area (Å²) >= 11 is 5.34. The summed E-state index contributed by atoms with van der Waals surface area (Å²) in [6.07, 6.45) is 1.50. The van der Waals surface area contributed by atoms with Crippen LogP contribution in [0.1, 0.15) is 5.56 Å². The lowest BCUT2D eigenvalue weighted by Crippen LogP contribution is -1.89. The van der Waals surface area contributed by atoms with Crippen molar-refractivity contribution in [3.63, 3.8) is 0 Å². The second kappa shape index (κ2) is 6.02. The predicted molar refractivity (Wildman–Crippen MR) is 62.6 cm³/mol. The molecule has 0 radical (unpaired) electrons. The number of aryl methyl sites for hydroxylation is 1. The van der Waals surface area contributed by atoms with Gasteiger partial charge in [-0.3, -0.25) is 0 Å². The molecule has 3 nitrogen and oxygen atoms in total. The Balaban J connectivity index is 0.000000160. The predicted octanol–water partition coefficient (Wildman–Crippen LogP) is 2.85. The molecule has 84 valence electrons. The average Bonchev–Trinajstić information content (AvgIpc) is 2.23. The van der Waals surface area contributed by atoms with Gasteiger partial charge in [-0.25, -0.2) is 14.4 Å². The molecule has 0 saturated carbocycles. The molecule has 0 aliphatic heterocycles. The lowest BCUT2D eigenvalue weighted by atomic mass is 10.2. The summed E-state index contributed by atoms with van der Waals surface area (Å²) in [7, 11) is 0. The summed E-state index contributed by atoms with van der Waals surface area (Å²) in [6.45, 7) is 1.93.